The minimum Gasteiger partial charge on any atom is -0.341 e. The van der Waals surface area contributed by atoms with Crippen LogP contribution in [-0.2, 0) is 11.3 Å². The highest BCUT2D eigenvalue weighted by Crippen LogP contribution is 2.15. The molecular formula is C14H18BrFN2O. The van der Waals surface area contributed by atoms with Gasteiger partial charge in [-0.15, -0.1) is 0 Å². The Bertz CT molecular complexity index is 461. The Hall–Kier alpha value is -0.940. The predicted molar refractivity (Wildman–Crippen MR) is 76.2 cm³/mol. The van der Waals surface area contributed by atoms with Crippen molar-refractivity contribution in [3.63, 3.8) is 0 Å². The number of benzene rings is 1. The minimum absolute atomic E-state index is 0.106. The van der Waals surface area contributed by atoms with E-state index >= 15 is 0 Å². The number of carbonyl (C=O) groups is 1. The lowest BCUT2D eigenvalue weighted by Crippen LogP contribution is -2.43. The summed E-state index contributed by atoms with van der Waals surface area (Å²) in [7, 11) is 0. The van der Waals surface area contributed by atoms with Crippen LogP contribution in [0.15, 0.2) is 22.7 Å². The monoisotopic (exact) mass is 328 g/mol. The van der Waals surface area contributed by atoms with E-state index in [0.717, 1.165) is 30.4 Å². The predicted octanol–water partition coefficient (Wildman–Crippen LogP) is 2.69. The summed E-state index contributed by atoms with van der Waals surface area (Å²) in [6.07, 6.45) is 2.17. The van der Waals surface area contributed by atoms with Gasteiger partial charge in [0.15, 0.2) is 0 Å². The number of carbonyl (C=O) groups excluding carboxylic acids is 1. The smallest absolute Gasteiger partial charge is 0.239 e. The summed E-state index contributed by atoms with van der Waals surface area (Å²) in [5.74, 6) is -0.155. The van der Waals surface area contributed by atoms with Crippen LogP contribution in [0.3, 0.4) is 0 Å². The standard InChI is InChI=1S/C14H18BrFN2O/c1-10(14(19)18-6-2-3-7-18)17-9-11-4-5-12(15)8-13(11)16/h4-5,8,10,17H,2-3,6-7,9H2,1H3. The van der Waals surface area contributed by atoms with Gasteiger partial charge < -0.3 is 10.2 Å². The van der Waals surface area contributed by atoms with Crippen molar-refractivity contribution < 1.29 is 9.18 Å². The SMILES string of the molecule is CC(NCc1ccc(Br)cc1F)C(=O)N1CCCC1. The second-order valence-electron chi connectivity index (χ2n) is 4.87. The summed E-state index contributed by atoms with van der Waals surface area (Å²) >= 11 is 3.22. The number of nitrogens with zero attached hydrogens (tertiary/aromatic N) is 1. The third-order valence-corrected chi connectivity index (χ3v) is 3.90. The molecule has 5 heteroatoms. The fourth-order valence-corrected chi connectivity index (χ4v) is 2.56. The molecule has 19 heavy (non-hydrogen) atoms. The van der Waals surface area contributed by atoms with E-state index in [0.29, 0.717) is 12.1 Å². The Balaban J connectivity index is 1.88. The van der Waals surface area contributed by atoms with Gasteiger partial charge in [-0.25, -0.2) is 4.39 Å². The summed E-state index contributed by atoms with van der Waals surface area (Å²) in [5.41, 5.74) is 0.573. The van der Waals surface area contributed by atoms with Crippen molar-refractivity contribution in [2.75, 3.05) is 13.1 Å². The van der Waals surface area contributed by atoms with Crippen LogP contribution in [0.2, 0.25) is 0 Å². The van der Waals surface area contributed by atoms with Crippen LogP contribution in [0.1, 0.15) is 25.3 Å². The molecule has 0 aliphatic carbocycles. The van der Waals surface area contributed by atoms with Crippen LogP contribution in [0.5, 0.6) is 0 Å². The number of nitrogens with one attached hydrogen (secondary N) is 1. The van der Waals surface area contributed by atoms with E-state index in [1.165, 1.54) is 6.07 Å². The van der Waals surface area contributed by atoms with Gasteiger partial charge in [0.2, 0.25) is 5.91 Å². The molecule has 0 bridgehead atoms. The number of amides is 1. The van der Waals surface area contributed by atoms with Crippen LogP contribution in [0, 0.1) is 5.82 Å². The summed E-state index contributed by atoms with van der Waals surface area (Å²) in [4.78, 5) is 13.9. The third-order valence-electron chi connectivity index (χ3n) is 3.40. The molecule has 0 aromatic heterocycles. The number of hydrogen-bond acceptors (Lipinski definition) is 2. The largest absolute Gasteiger partial charge is 0.341 e. The normalized spacial score (nSPS) is 16.7. The summed E-state index contributed by atoms with van der Waals surface area (Å²) in [5, 5.41) is 3.09. The Morgan fingerprint density at radius 1 is 1.47 bits per heavy atom. The van der Waals surface area contributed by atoms with E-state index in [9.17, 15) is 9.18 Å². The molecule has 1 amide bonds. The van der Waals surface area contributed by atoms with E-state index in [1.54, 1.807) is 12.1 Å². The molecule has 1 unspecified atom stereocenters. The van der Waals surface area contributed by atoms with Gasteiger partial charge in [-0.05, 0) is 31.9 Å². The van der Waals surface area contributed by atoms with Crippen molar-refractivity contribution in [2.45, 2.75) is 32.4 Å². The van der Waals surface area contributed by atoms with E-state index < -0.39 is 0 Å². The number of halogens is 2. The molecule has 0 radical (unpaired) electrons. The van der Waals surface area contributed by atoms with Gasteiger partial charge in [0.05, 0.1) is 6.04 Å². The first-order chi connectivity index (χ1) is 9.08. The van der Waals surface area contributed by atoms with Crippen LogP contribution >= 0.6 is 15.9 Å². The lowest BCUT2D eigenvalue weighted by molar-refractivity contribution is -0.131. The van der Waals surface area contributed by atoms with E-state index in [-0.39, 0.29) is 17.8 Å². The molecule has 104 valence electrons. The third kappa shape index (κ3) is 3.76. The Labute approximate surface area is 121 Å². The number of hydrogen-bond donors (Lipinski definition) is 1. The summed E-state index contributed by atoms with van der Waals surface area (Å²) < 4.78 is 14.4. The zero-order valence-electron chi connectivity index (χ0n) is 11.0. The highest BCUT2D eigenvalue weighted by molar-refractivity contribution is 9.10. The molecule has 1 aromatic carbocycles. The molecule has 1 saturated heterocycles. The second-order valence-corrected chi connectivity index (χ2v) is 5.79. The van der Waals surface area contributed by atoms with Crippen molar-refractivity contribution in [1.82, 2.24) is 10.2 Å². The molecule has 1 aliphatic heterocycles. The van der Waals surface area contributed by atoms with Crippen molar-refractivity contribution in [3.8, 4) is 0 Å². The lowest BCUT2D eigenvalue weighted by atomic mass is 10.2. The molecule has 1 aromatic rings. The molecule has 2 rings (SSSR count). The topological polar surface area (TPSA) is 32.3 Å². The maximum Gasteiger partial charge on any atom is 0.239 e. The van der Waals surface area contributed by atoms with Crippen LogP contribution in [0.25, 0.3) is 0 Å². The van der Waals surface area contributed by atoms with Crippen LogP contribution in [0.4, 0.5) is 4.39 Å². The molecular weight excluding hydrogens is 311 g/mol. The molecule has 1 fully saturated rings. The Kier molecular flexibility index (Phi) is 4.93. The van der Waals surface area contributed by atoms with Gasteiger partial charge in [0.1, 0.15) is 5.82 Å². The van der Waals surface area contributed by atoms with Gasteiger partial charge in [0.25, 0.3) is 0 Å². The van der Waals surface area contributed by atoms with E-state index in [2.05, 4.69) is 21.2 Å². The first-order valence-corrected chi connectivity index (χ1v) is 7.33. The van der Waals surface area contributed by atoms with E-state index in [4.69, 9.17) is 0 Å². The van der Waals surface area contributed by atoms with Gasteiger partial charge >= 0.3 is 0 Å². The average Bonchev–Trinajstić information content (AvgIpc) is 2.90. The maximum absolute atomic E-state index is 13.6. The van der Waals surface area contributed by atoms with Crippen molar-refractivity contribution >= 4 is 21.8 Å². The molecule has 3 nitrogen and oxygen atoms in total. The lowest BCUT2D eigenvalue weighted by Gasteiger charge is -2.21. The Morgan fingerprint density at radius 2 is 2.16 bits per heavy atom. The summed E-state index contributed by atoms with van der Waals surface area (Å²) in [6.45, 7) is 3.88. The quantitative estimate of drug-likeness (QED) is 0.921. The van der Waals surface area contributed by atoms with Crippen LogP contribution in [-0.4, -0.2) is 29.9 Å². The number of rotatable bonds is 4. The zero-order chi connectivity index (χ0) is 13.8. The molecule has 1 N–H and O–H groups in total. The second kappa shape index (κ2) is 6.48. The molecule has 1 atom stereocenters. The zero-order valence-corrected chi connectivity index (χ0v) is 12.5. The van der Waals surface area contributed by atoms with Gasteiger partial charge in [0, 0.05) is 29.7 Å². The number of likely N-dealkylation sites (tertiary alicyclic amines) is 1. The van der Waals surface area contributed by atoms with E-state index in [1.807, 2.05) is 11.8 Å². The Morgan fingerprint density at radius 3 is 2.79 bits per heavy atom. The molecule has 1 heterocycles. The van der Waals surface area contributed by atoms with Gasteiger partial charge in [-0.2, -0.15) is 0 Å². The van der Waals surface area contributed by atoms with Crippen molar-refractivity contribution in [3.05, 3.63) is 34.1 Å². The molecule has 0 saturated carbocycles. The summed E-state index contributed by atoms with van der Waals surface area (Å²) in [6, 6.07) is 4.68. The molecule has 1 aliphatic rings. The fourth-order valence-electron chi connectivity index (χ4n) is 2.23. The maximum atomic E-state index is 13.6. The van der Waals surface area contributed by atoms with Gasteiger partial charge in [-0.1, -0.05) is 22.0 Å². The fraction of sp³-hybridized carbons (Fsp3) is 0.500. The highest BCUT2D eigenvalue weighted by Gasteiger charge is 2.22. The highest BCUT2D eigenvalue weighted by atomic mass is 79.9. The van der Waals surface area contributed by atoms with Crippen molar-refractivity contribution in [2.24, 2.45) is 0 Å². The first kappa shape index (κ1) is 14.5. The molecule has 0 spiro atoms. The first-order valence-electron chi connectivity index (χ1n) is 6.54. The van der Waals surface area contributed by atoms with Crippen LogP contribution < -0.4 is 5.32 Å². The van der Waals surface area contributed by atoms with Gasteiger partial charge in [-0.3, -0.25) is 4.79 Å². The average molecular weight is 329 g/mol. The van der Waals surface area contributed by atoms with Crippen molar-refractivity contribution in [1.29, 1.82) is 0 Å². The minimum atomic E-state index is -0.277.